The van der Waals surface area contributed by atoms with Crippen molar-refractivity contribution in [1.29, 1.82) is 0 Å². The van der Waals surface area contributed by atoms with Gasteiger partial charge < -0.3 is 29.9 Å². The minimum atomic E-state index is -3.99. The fourth-order valence-corrected chi connectivity index (χ4v) is 5.75. The summed E-state index contributed by atoms with van der Waals surface area (Å²) in [4.78, 5) is 26.9. The van der Waals surface area contributed by atoms with Gasteiger partial charge in [0.15, 0.2) is 0 Å². The molecular weight excluding hydrogens is 608 g/mol. The summed E-state index contributed by atoms with van der Waals surface area (Å²) in [6.45, 7) is 7.19. The normalized spacial score (nSPS) is 12.3. The molecule has 0 bridgehead atoms. The molecule has 0 radical (unpaired) electrons. The van der Waals surface area contributed by atoms with E-state index in [0.717, 1.165) is 5.56 Å². The van der Waals surface area contributed by atoms with E-state index < -0.39 is 33.6 Å². The third kappa shape index (κ3) is 9.68. The van der Waals surface area contributed by atoms with Crippen molar-refractivity contribution in [3.8, 4) is 0 Å². The van der Waals surface area contributed by atoms with Crippen LogP contribution in [0, 0.1) is 0 Å². The molecule has 0 saturated carbocycles. The van der Waals surface area contributed by atoms with Crippen LogP contribution in [0.25, 0.3) is 0 Å². The van der Waals surface area contributed by atoms with E-state index in [4.69, 9.17) is 26.2 Å². The Morgan fingerprint density at radius 1 is 1.02 bits per heavy atom. The van der Waals surface area contributed by atoms with E-state index in [1.807, 2.05) is 0 Å². The molecule has 3 aromatic rings. The lowest BCUT2D eigenvalue weighted by Gasteiger charge is -2.29. The minimum absolute atomic E-state index is 0.0208. The van der Waals surface area contributed by atoms with Crippen LogP contribution in [0.5, 0.6) is 0 Å². The largest absolute Gasteiger partial charge is 0.462 e. The number of halogens is 1. The smallest absolute Gasteiger partial charge is 0.410 e. The number of rotatable bonds is 13. The molecule has 0 aliphatic carbocycles. The molecule has 1 atom stereocenters. The van der Waals surface area contributed by atoms with E-state index in [9.17, 15) is 23.1 Å². The van der Waals surface area contributed by atoms with Gasteiger partial charge in [-0.3, -0.25) is 0 Å². The molecular formula is C32H39ClN2O8S. The third-order valence-electron chi connectivity index (χ3n) is 6.41. The van der Waals surface area contributed by atoms with Crippen LogP contribution in [0.3, 0.4) is 0 Å². The van der Waals surface area contributed by atoms with Crippen molar-refractivity contribution in [1.82, 2.24) is 4.90 Å². The molecule has 3 aromatic carbocycles. The van der Waals surface area contributed by atoms with Gasteiger partial charge in [-0.15, -0.1) is 0 Å². The number of amides is 1. The van der Waals surface area contributed by atoms with Crippen molar-refractivity contribution in [2.24, 2.45) is 0 Å². The van der Waals surface area contributed by atoms with Gasteiger partial charge in [-0.1, -0.05) is 35.9 Å². The second-order valence-corrected chi connectivity index (χ2v) is 13.4. The van der Waals surface area contributed by atoms with Crippen LogP contribution in [-0.2, 0) is 25.7 Å². The fourth-order valence-electron chi connectivity index (χ4n) is 4.26. The maximum Gasteiger partial charge on any atom is 0.410 e. The number of esters is 1. The van der Waals surface area contributed by atoms with Crippen molar-refractivity contribution in [3.05, 3.63) is 88.4 Å². The van der Waals surface area contributed by atoms with Crippen LogP contribution in [0.1, 0.15) is 55.3 Å². The van der Waals surface area contributed by atoms with Gasteiger partial charge in [0.25, 0.3) is 0 Å². The number of hydrogen-bond donors (Lipinski definition) is 3. The van der Waals surface area contributed by atoms with Gasteiger partial charge in [-0.2, -0.15) is 0 Å². The second-order valence-electron chi connectivity index (χ2n) is 11.0. The number of aliphatic hydroxyl groups excluding tert-OH is 2. The second kappa shape index (κ2) is 15.4. The summed E-state index contributed by atoms with van der Waals surface area (Å²) in [6, 6.07) is 17.1. The number of aliphatic hydroxyl groups is 2. The van der Waals surface area contributed by atoms with E-state index in [1.165, 1.54) is 35.2 Å². The predicted molar refractivity (Wildman–Crippen MR) is 168 cm³/mol. The predicted octanol–water partition coefficient (Wildman–Crippen LogP) is 5.27. The summed E-state index contributed by atoms with van der Waals surface area (Å²) in [5.74, 6) is -0.685. The highest BCUT2D eigenvalue weighted by Gasteiger charge is 2.25. The molecule has 10 nitrogen and oxygen atoms in total. The van der Waals surface area contributed by atoms with Crippen molar-refractivity contribution in [2.45, 2.75) is 55.6 Å². The Hall–Kier alpha value is -3.64. The van der Waals surface area contributed by atoms with Crippen LogP contribution >= 0.6 is 11.6 Å². The molecule has 238 valence electrons. The third-order valence-corrected chi connectivity index (χ3v) is 8.41. The zero-order chi connectivity index (χ0) is 32.5. The molecule has 0 fully saturated rings. The number of ether oxygens (including phenoxy) is 2. The number of benzene rings is 3. The lowest BCUT2D eigenvalue weighted by molar-refractivity contribution is 0.0147. The molecule has 0 spiro atoms. The van der Waals surface area contributed by atoms with E-state index in [1.54, 1.807) is 64.1 Å². The van der Waals surface area contributed by atoms with E-state index >= 15 is 0 Å². The van der Waals surface area contributed by atoms with Crippen LogP contribution in [0.4, 0.5) is 10.5 Å². The molecule has 3 rings (SSSR count). The maximum atomic E-state index is 13.5. The monoisotopic (exact) mass is 646 g/mol. The quantitative estimate of drug-likeness (QED) is 0.212. The topological polar surface area (TPSA) is 142 Å². The van der Waals surface area contributed by atoms with E-state index in [2.05, 4.69) is 5.32 Å². The summed E-state index contributed by atoms with van der Waals surface area (Å²) in [6.07, 6.45) is -1.23. The first-order chi connectivity index (χ1) is 20.7. The van der Waals surface area contributed by atoms with Crippen molar-refractivity contribution in [3.63, 3.8) is 0 Å². The standard InChI is InChI=1S/C32H39ClN2O8S/c1-5-42-30(38)27-20-26(13-14-28(27)34-16-18-36)44(40,41)25-11-9-22(10-12-25)15-17-35(31(39)43-32(2,3)4)21-29(37)23-7-6-8-24(33)19-23/h6-14,19-20,29,34,36-37H,5,15-18,21H2,1-4H3/t29-/m0/s1. The molecule has 0 unspecified atom stereocenters. The first kappa shape index (κ1) is 34.8. The number of nitrogens with one attached hydrogen (secondary N) is 1. The average molecular weight is 647 g/mol. The van der Waals surface area contributed by atoms with E-state index in [0.29, 0.717) is 22.7 Å². The molecule has 0 saturated heterocycles. The van der Waals surface area contributed by atoms with Crippen molar-refractivity contribution >= 4 is 39.2 Å². The summed E-state index contributed by atoms with van der Waals surface area (Å²) in [5.41, 5.74) is 0.962. The van der Waals surface area contributed by atoms with Crippen molar-refractivity contribution in [2.75, 3.05) is 38.2 Å². The van der Waals surface area contributed by atoms with Gasteiger partial charge in [-0.25, -0.2) is 18.0 Å². The van der Waals surface area contributed by atoms with Gasteiger partial charge in [0.05, 0.1) is 41.2 Å². The SMILES string of the molecule is CCOC(=O)c1cc(S(=O)(=O)c2ccc(CCN(C[C@H](O)c3cccc(Cl)c3)C(=O)OC(C)(C)C)cc2)ccc1NCCO. The Morgan fingerprint density at radius 3 is 2.32 bits per heavy atom. The molecule has 0 aliphatic heterocycles. The molecule has 0 aromatic heterocycles. The molecule has 12 heteroatoms. The summed E-state index contributed by atoms with van der Waals surface area (Å²) in [7, 11) is -3.99. The summed E-state index contributed by atoms with van der Waals surface area (Å²) >= 11 is 6.07. The lowest BCUT2D eigenvalue weighted by atomic mass is 10.1. The molecule has 1 amide bonds. The highest BCUT2D eigenvalue weighted by atomic mass is 35.5. The average Bonchev–Trinajstić information content (AvgIpc) is 2.97. The number of anilines is 1. The first-order valence-electron chi connectivity index (χ1n) is 14.2. The molecule has 44 heavy (non-hydrogen) atoms. The first-order valence-corrected chi connectivity index (χ1v) is 16.0. The summed E-state index contributed by atoms with van der Waals surface area (Å²) in [5, 5.41) is 23.3. The Morgan fingerprint density at radius 2 is 1.70 bits per heavy atom. The number of sulfone groups is 1. The van der Waals surface area contributed by atoms with Crippen LogP contribution < -0.4 is 5.32 Å². The van der Waals surface area contributed by atoms with Gasteiger partial charge in [0.1, 0.15) is 5.60 Å². The number of nitrogens with zero attached hydrogens (tertiary/aromatic N) is 1. The number of hydrogen-bond acceptors (Lipinski definition) is 9. The van der Waals surface area contributed by atoms with Gasteiger partial charge >= 0.3 is 12.1 Å². The highest BCUT2D eigenvalue weighted by Crippen LogP contribution is 2.27. The Labute approximate surface area is 263 Å². The van der Waals surface area contributed by atoms with Crippen molar-refractivity contribution < 1.29 is 37.7 Å². The van der Waals surface area contributed by atoms with Gasteiger partial charge in [-0.05, 0) is 87.7 Å². The molecule has 0 aliphatic rings. The maximum absolute atomic E-state index is 13.5. The zero-order valence-corrected chi connectivity index (χ0v) is 26.8. The molecule has 0 heterocycles. The lowest BCUT2D eigenvalue weighted by Crippen LogP contribution is -2.40. The Bertz CT molecular complexity index is 1540. The fraction of sp³-hybridized carbons (Fsp3) is 0.375. The zero-order valence-electron chi connectivity index (χ0n) is 25.2. The number of carbonyl (C=O) groups excluding carboxylic acids is 2. The summed E-state index contributed by atoms with van der Waals surface area (Å²) < 4.78 is 37.5. The Balaban J connectivity index is 1.79. The van der Waals surface area contributed by atoms with E-state index in [-0.39, 0.29) is 48.2 Å². The van der Waals surface area contributed by atoms with Crippen LogP contribution in [0.15, 0.2) is 76.5 Å². The molecule has 3 N–H and O–H groups in total. The highest BCUT2D eigenvalue weighted by molar-refractivity contribution is 7.91. The van der Waals surface area contributed by atoms with Crippen LogP contribution in [-0.4, -0.2) is 74.0 Å². The van der Waals surface area contributed by atoms with Crippen LogP contribution in [0.2, 0.25) is 5.02 Å². The van der Waals surface area contributed by atoms with Gasteiger partial charge in [0.2, 0.25) is 9.84 Å². The van der Waals surface area contributed by atoms with Gasteiger partial charge in [0, 0.05) is 23.8 Å². The Kier molecular flexibility index (Phi) is 12.2. The number of carbonyl (C=O) groups is 2. The minimum Gasteiger partial charge on any atom is -0.462 e.